The fraction of sp³-hybridized carbons (Fsp3) is 0.309. The summed E-state index contributed by atoms with van der Waals surface area (Å²) in [4.78, 5) is 2.62. The molecule has 0 saturated carbocycles. The molecule has 0 saturated heterocycles. The summed E-state index contributed by atoms with van der Waals surface area (Å²) in [6.45, 7) is 25.8. The Labute approximate surface area is 352 Å². The van der Waals surface area contributed by atoms with Crippen LogP contribution in [0.3, 0.4) is 0 Å². The molecule has 59 heavy (non-hydrogen) atoms. The quantitative estimate of drug-likeness (QED) is 0.181. The van der Waals surface area contributed by atoms with Crippen molar-refractivity contribution >= 4 is 62.7 Å². The zero-order valence-corrected chi connectivity index (χ0v) is 36.8. The van der Waals surface area contributed by atoms with E-state index in [2.05, 4.69) is 202 Å². The van der Waals surface area contributed by atoms with E-state index in [4.69, 9.17) is 4.42 Å². The van der Waals surface area contributed by atoms with Gasteiger partial charge in [-0.3, -0.25) is 0 Å². The Hall–Kier alpha value is -5.48. The van der Waals surface area contributed by atoms with Crippen LogP contribution in [-0.2, 0) is 21.7 Å². The average Bonchev–Trinajstić information content (AvgIpc) is 3.57. The summed E-state index contributed by atoms with van der Waals surface area (Å²) >= 11 is 0. The second-order valence-corrected chi connectivity index (χ2v) is 21.0. The lowest BCUT2D eigenvalue weighted by atomic mass is 9.35. The Balaban J connectivity index is 1.35. The van der Waals surface area contributed by atoms with Gasteiger partial charge in [0.15, 0.2) is 0 Å². The Bertz CT molecular complexity index is 2830. The van der Waals surface area contributed by atoms with E-state index >= 15 is 0 Å². The lowest BCUT2D eigenvalue weighted by Gasteiger charge is -2.46. The van der Waals surface area contributed by atoms with Crippen LogP contribution in [-0.4, -0.2) is 6.71 Å². The van der Waals surface area contributed by atoms with Gasteiger partial charge in [-0.05, 0) is 128 Å². The maximum Gasteiger partial charge on any atom is 0.297 e. The van der Waals surface area contributed by atoms with Crippen LogP contribution in [0.4, 0.5) is 28.4 Å². The van der Waals surface area contributed by atoms with Crippen LogP contribution in [0, 0.1) is 6.92 Å². The summed E-state index contributed by atoms with van der Waals surface area (Å²) in [7, 11) is 0. The summed E-state index contributed by atoms with van der Waals surface area (Å²) in [6.07, 6.45) is 2.30. The molecule has 0 spiro atoms. The second-order valence-electron chi connectivity index (χ2n) is 21.0. The highest BCUT2D eigenvalue weighted by molar-refractivity contribution is 7.00. The number of anilines is 5. The first-order valence-corrected chi connectivity index (χ1v) is 21.7. The van der Waals surface area contributed by atoms with Gasteiger partial charge in [0.2, 0.25) is 0 Å². The van der Waals surface area contributed by atoms with Gasteiger partial charge in [-0.1, -0.05) is 148 Å². The van der Waals surface area contributed by atoms with Crippen molar-refractivity contribution in [2.75, 3.05) is 10.2 Å². The first kappa shape index (κ1) is 37.8. The standard InChI is InChI=1S/C55H57BN2O/c1-33-29-45-48-50(47(33)35-21-23-36(24-22-35)52(2,3)4)57-49-38-19-15-16-20-46(38)59-51(49)56(48)42-31-40-41(55(10,11)28-27-54(40,8)9)32-44(42)58(45)43-26-25-37(53(5,6)7)30-39(43)34-17-13-12-14-18-34/h12-26,29-32,57H,27-28H2,1-11H3. The van der Waals surface area contributed by atoms with Crippen molar-refractivity contribution in [3.8, 4) is 22.3 Å². The number of hydrogen-bond donors (Lipinski definition) is 1. The first-order valence-electron chi connectivity index (χ1n) is 21.7. The summed E-state index contributed by atoms with van der Waals surface area (Å²) in [6, 6.07) is 43.7. The van der Waals surface area contributed by atoms with Gasteiger partial charge in [0.05, 0.1) is 17.0 Å². The molecule has 0 amide bonds. The average molecular weight is 773 g/mol. The number of hydrogen-bond acceptors (Lipinski definition) is 3. The molecule has 0 bridgehead atoms. The van der Waals surface area contributed by atoms with Gasteiger partial charge in [0, 0.05) is 33.6 Å². The Morgan fingerprint density at radius 3 is 1.92 bits per heavy atom. The van der Waals surface area contributed by atoms with Gasteiger partial charge in [0.1, 0.15) is 5.58 Å². The van der Waals surface area contributed by atoms with Crippen molar-refractivity contribution in [1.82, 2.24) is 0 Å². The van der Waals surface area contributed by atoms with Crippen molar-refractivity contribution < 1.29 is 4.42 Å². The van der Waals surface area contributed by atoms with Crippen LogP contribution >= 0.6 is 0 Å². The normalized spacial score (nSPS) is 16.3. The van der Waals surface area contributed by atoms with Crippen molar-refractivity contribution in [2.24, 2.45) is 0 Å². The third-order valence-corrected chi connectivity index (χ3v) is 14.0. The van der Waals surface area contributed by atoms with Gasteiger partial charge in [-0.15, -0.1) is 0 Å². The van der Waals surface area contributed by atoms with Crippen LogP contribution in [0.15, 0.2) is 120 Å². The summed E-state index contributed by atoms with van der Waals surface area (Å²) in [5, 5.41) is 5.23. The second kappa shape index (κ2) is 12.8. The number of aryl methyl sites for hydroxylation is 1. The maximum absolute atomic E-state index is 7.07. The highest BCUT2D eigenvalue weighted by Crippen LogP contribution is 2.52. The number of nitrogens with one attached hydrogen (secondary N) is 1. The highest BCUT2D eigenvalue weighted by atomic mass is 16.3. The molecule has 296 valence electrons. The molecule has 0 atom stereocenters. The zero-order valence-electron chi connectivity index (χ0n) is 36.8. The lowest BCUT2D eigenvalue weighted by Crippen LogP contribution is -2.60. The van der Waals surface area contributed by atoms with Gasteiger partial charge in [0.25, 0.3) is 6.71 Å². The largest absolute Gasteiger partial charge is 0.468 e. The van der Waals surface area contributed by atoms with Crippen LogP contribution in [0.2, 0.25) is 0 Å². The van der Waals surface area contributed by atoms with Crippen LogP contribution in [0.25, 0.3) is 33.2 Å². The highest BCUT2D eigenvalue weighted by Gasteiger charge is 2.48. The molecule has 0 unspecified atom stereocenters. The van der Waals surface area contributed by atoms with E-state index in [1.807, 2.05) is 0 Å². The predicted octanol–water partition coefficient (Wildman–Crippen LogP) is 13.4. The third-order valence-electron chi connectivity index (χ3n) is 14.0. The van der Waals surface area contributed by atoms with Crippen LogP contribution in [0.1, 0.15) is 110 Å². The van der Waals surface area contributed by atoms with E-state index in [1.165, 1.54) is 83.7 Å². The molecule has 3 nitrogen and oxygen atoms in total. The van der Waals surface area contributed by atoms with Crippen LogP contribution < -0.4 is 26.8 Å². The molecule has 10 rings (SSSR count). The number of furan rings is 1. The Morgan fingerprint density at radius 1 is 0.610 bits per heavy atom. The molecule has 0 fully saturated rings. The van der Waals surface area contributed by atoms with E-state index in [0.29, 0.717) is 0 Å². The van der Waals surface area contributed by atoms with Gasteiger partial charge >= 0.3 is 0 Å². The van der Waals surface area contributed by atoms with Gasteiger partial charge in [-0.2, -0.15) is 0 Å². The Morgan fingerprint density at radius 2 is 1.24 bits per heavy atom. The molecule has 3 aliphatic rings. The molecule has 0 radical (unpaired) electrons. The minimum absolute atomic E-state index is 0.0107. The number of nitrogens with zero attached hydrogens (tertiary/aromatic N) is 1. The molecule has 4 heteroatoms. The third kappa shape index (κ3) is 5.84. The smallest absolute Gasteiger partial charge is 0.297 e. The summed E-state index contributed by atoms with van der Waals surface area (Å²) in [5.41, 5.74) is 22.3. The number of benzene rings is 6. The van der Waals surface area contributed by atoms with E-state index in [0.717, 1.165) is 35.2 Å². The van der Waals surface area contributed by atoms with E-state index in [9.17, 15) is 0 Å². The Kier molecular flexibility index (Phi) is 8.17. The fourth-order valence-corrected chi connectivity index (χ4v) is 10.4. The monoisotopic (exact) mass is 772 g/mol. The van der Waals surface area contributed by atoms with Gasteiger partial charge in [-0.25, -0.2) is 0 Å². The fourth-order valence-electron chi connectivity index (χ4n) is 10.4. The number of fused-ring (bicyclic) bond motifs is 7. The van der Waals surface area contributed by atoms with Crippen molar-refractivity contribution in [3.63, 3.8) is 0 Å². The zero-order chi connectivity index (χ0) is 41.4. The molecule has 7 aromatic rings. The molecule has 6 aromatic carbocycles. The SMILES string of the molecule is Cc1cc2c3c(c1-c1ccc(C(C)(C)C)cc1)Nc1c(oc4ccccc14)B3c1cc3c(cc1N2c1ccc(C(C)(C)C)cc1-c1ccccc1)C(C)(C)CCC3(C)C. The van der Waals surface area contributed by atoms with E-state index in [-0.39, 0.29) is 28.4 Å². The topological polar surface area (TPSA) is 28.4 Å². The predicted molar refractivity (Wildman–Crippen MR) is 254 cm³/mol. The minimum Gasteiger partial charge on any atom is -0.468 e. The number of para-hydroxylation sites is 1. The molecule has 1 aromatic heterocycles. The van der Waals surface area contributed by atoms with Gasteiger partial charge < -0.3 is 14.6 Å². The maximum atomic E-state index is 7.07. The molecule has 2 aliphatic heterocycles. The molecule has 1 aliphatic carbocycles. The molecule has 3 heterocycles. The number of rotatable bonds is 3. The molecular weight excluding hydrogens is 715 g/mol. The lowest BCUT2D eigenvalue weighted by molar-refractivity contribution is 0.332. The van der Waals surface area contributed by atoms with Crippen molar-refractivity contribution in [3.05, 3.63) is 143 Å². The van der Waals surface area contributed by atoms with E-state index in [1.54, 1.807) is 0 Å². The first-order chi connectivity index (χ1) is 27.9. The molecule has 1 N–H and O–H groups in total. The summed E-state index contributed by atoms with van der Waals surface area (Å²) in [5.74, 6) is 0. The molecular formula is C55H57BN2O. The van der Waals surface area contributed by atoms with Crippen molar-refractivity contribution in [1.29, 1.82) is 0 Å². The van der Waals surface area contributed by atoms with Crippen molar-refractivity contribution in [2.45, 2.75) is 111 Å². The van der Waals surface area contributed by atoms with E-state index < -0.39 is 0 Å². The van der Waals surface area contributed by atoms with Crippen LogP contribution in [0.5, 0.6) is 0 Å². The summed E-state index contributed by atoms with van der Waals surface area (Å²) < 4.78 is 7.07. The minimum atomic E-state index is -0.108.